The Balaban J connectivity index is 1.62. The van der Waals surface area contributed by atoms with Gasteiger partial charge in [0.25, 0.3) is 0 Å². The molecule has 15 heteroatoms. The van der Waals surface area contributed by atoms with Crippen molar-refractivity contribution in [1.29, 1.82) is 0 Å². The minimum atomic E-state index is -0.887. The Morgan fingerprint density at radius 1 is 1.12 bits per heavy atom. The summed E-state index contributed by atoms with van der Waals surface area (Å²) in [6.07, 6.45) is 4.58. The number of aliphatic hydroxyl groups excluding tert-OH is 1. The summed E-state index contributed by atoms with van der Waals surface area (Å²) < 4.78 is 5.04. The number of methoxy groups -OCH3 is 1. The molecule has 0 spiro atoms. The van der Waals surface area contributed by atoms with Crippen molar-refractivity contribution in [2.75, 3.05) is 65.8 Å². The van der Waals surface area contributed by atoms with Crippen LogP contribution >= 0.6 is 11.8 Å². The van der Waals surface area contributed by atoms with E-state index in [0.717, 1.165) is 25.0 Å². The van der Waals surface area contributed by atoms with E-state index in [4.69, 9.17) is 15.6 Å². The van der Waals surface area contributed by atoms with Gasteiger partial charge < -0.3 is 41.7 Å². The van der Waals surface area contributed by atoms with Crippen LogP contribution in [0.3, 0.4) is 0 Å². The second-order valence-corrected chi connectivity index (χ2v) is 11.8. The number of rotatable bonds is 21. The summed E-state index contributed by atoms with van der Waals surface area (Å²) in [7, 11) is 3.18. The highest BCUT2D eigenvalue weighted by Crippen LogP contribution is 2.33. The zero-order chi connectivity index (χ0) is 30.2. The summed E-state index contributed by atoms with van der Waals surface area (Å²) in [5, 5.41) is 20.8. The molecule has 14 nitrogen and oxygen atoms in total. The largest absolute Gasteiger partial charge is 0.395 e. The smallest absolute Gasteiger partial charge is 0.315 e. The fourth-order valence-corrected chi connectivity index (χ4v) is 6.38. The molecule has 7 N–H and O–H groups in total. The molecular formula is C26H47N7O7S. The molecule has 6 amide bonds. The Bertz CT molecular complexity index is 881. The van der Waals surface area contributed by atoms with Crippen molar-refractivity contribution in [3.63, 3.8) is 0 Å². The van der Waals surface area contributed by atoms with Crippen molar-refractivity contribution in [3.8, 4) is 0 Å². The molecule has 2 fully saturated rings. The lowest BCUT2D eigenvalue weighted by Gasteiger charge is -2.25. The third-order valence-electron chi connectivity index (χ3n) is 7.14. The van der Waals surface area contributed by atoms with Crippen LogP contribution < -0.4 is 27.0 Å². The zero-order valence-electron chi connectivity index (χ0n) is 24.2. The van der Waals surface area contributed by atoms with E-state index in [9.17, 15) is 24.0 Å². The van der Waals surface area contributed by atoms with Crippen LogP contribution in [0, 0.1) is 0 Å². The first-order valence-corrected chi connectivity index (χ1v) is 15.3. The quantitative estimate of drug-likeness (QED) is 0.0661. The average molecular weight is 602 g/mol. The number of likely N-dealkylation sites (N-methyl/N-ethyl adjacent to an activating group) is 1. The van der Waals surface area contributed by atoms with Gasteiger partial charge in [0.05, 0.1) is 38.4 Å². The number of fused-ring (bicyclic) bond motifs is 1. The van der Waals surface area contributed by atoms with Gasteiger partial charge in [-0.25, -0.2) is 4.79 Å². The number of nitrogens with one attached hydrogen (secondary N) is 4. The molecule has 2 saturated heterocycles. The topological polar surface area (TPSA) is 195 Å². The highest BCUT2D eigenvalue weighted by molar-refractivity contribution is 8.00. The number of urea groups is 1. The number of carbonyl (C=O) groups excluding carboxylic acids is 5. The first kappa shape index (κ1) is 34.6. The number of nitrogens with two attached hydrogens (primary N) is 1. The van der Waals surface area contributed by atoms with E-state index in [1.54, 1.807) is 11.9 Å². The minimum absolute atomic E-state index is 0.0250. The van der Waals surface area contributed by atoms with Gasteiger partial charge in [0.1, 0.15) is 6.04 Å². The maximum Gasteiger partial charge on any atom is 0.315 e. The van der Waals surface area contributed by atoms with E-state index in [2.05, 4.69) is 21.3 Å². The van der Waals surface area contributed by atoms with E-state index in [1.165, 1.54) is 12.0 Å². The summed E-state index contributed by atoms with van der Waals surface area (Å²) in [6, 6.07) is -0.595. The standard InChI is InChI=1S/C26H47N7O7S/c1-32(11-13-34)16-23(37)33(12-14-40-2)15-22(36)29-18(25(27)38)7-5-6-10-28-21(35)9-4-3-8-20-24-19(17-41-20)30-26(39)31-24/h18-20,24,34H,3-17H2,1-2H3,(H2,27,38)(H,28,35)(H,29,36)(H2,30,31,39)/t18-,19-,20?,24-/m0/s1. The number of ether oxygens (including phenoxy) is 1. The Labute approximate surface area is 246 Å². The number of hydrogen-bond donors (Lipinski definition) is 6. The number of nitrogens with zero attached hydrogens (tertiary/aromatic N) is 2. The van der Waals surface area contributed by atoms with E-state index < -0.39 is 17.9 Å². The highest BCUT2D eigenvalue weighted by atomic mass is 32.2. The number of primary amides is 1. The van der Waals surface area contributed by atoms with Crippen molar-refractivity contribution in [2.24, 2.45) is 5.73 Å². The minimum Gasteiger partial charge on any atom is -0.395 e. The molecule has 0 aliphatic carbocycles. The van der Waals surface area contributed by atoms with E-state index >= 15 is 0 Å². The summed E-state index contributed by atoms with van der Waals surface area (Å²) >= 11 is 1.86. The van der Waals surface area contributed by atoms with Gasteiger partial charge in [-0.05, 0) is 39.2 Å². The summed E-state index contributed by atoms with van der Waals surface area (Å²) in [4.78, 5) is 63.8. The third kappa shape index (κ3) is 12.8. The van der Waals surface area contributed by atoms with Crippen LogP contribution in [0.15, 0.2) is 0 Å². The van der Waals surface area contributed by atoms with Crippen molar-refractivity contribution in [2.45, 2.75) is 68.3 Å². The number of unbranched alkanes of at least 4 members (excludes halogenated alkanes) is 2. The summed E-state index contributed by atoms with van der Waals surface area (Å²) in [5.41, 5.74) is 5.49. The maximum atomic E-state index is 12.6. The Morgan fingerprint density at radius 2 is 1.90 bits per heavy atom. The molecule has 0 aromatic heterocycles. The predicted octanol–water partition coefficient (Wildman–Crippen LogP) is -1.63. The predicted molar refractivity (Wildman–Crippen MR) is 155 cm³/mol. The maximum absolute atomic E-state index is 12.6. The molecular weight excluding hydrogens is 554 g/mol. The van der Waals surface area contributed by atoms with Crippen LogP contribution in [-0.4, -0.2) is 134 Å². The molecule has 0 aromatic carbocycles. The zero-order valence-corrected chi connectivity index (χ0v) is 25.0. The van der Waals surface area contributed by atoms with Gasteiger partial charge in [-0.15, -0.1) is 0 Å². The monoisotopic (exact) mass is 601 g/mol. The molecule has 0 bridgehead atoms. The fourth-order valence-electron chi connectivity index (χ4n) is 4.84. The lowest BCUT2D eigenvalue weighted by molar-refractivity contribution is -0.138. The molecule has 2 aliphatic rings. The molecule has 1 unspecified atom stereocenters. The summed E-state index contributed by atoms with van der Waals surface area (Å²) in [5.74, 6) is -0.576. The van der Waals surface area contributed by atoms with E-state index in [-0.39, 0.29) is 62.8 Å². The van der Waals surface area contributed by atoms with E-state index in [0.29, 0.717) is 44.0 Å². The number of thioether (sulfide) groups is 1. The van der Waals surface area contributed by atoms with Crippen molar-refractivity contribution < 1.29 is 33.8 Å². The van der Waals surface area contributed by atoms with Gasteiger partial charge in [-0.2, -0.15) is 11.8 Å². The van der Waals surface area contributed by atoms with Crippen LogP contribution in [0.1, 0.15) is 44.9 Å². The van der Waals surface area contributed by atoms with Crippen LogP contribution in [0.2, 0.25) is 0 Å². The molecule has 0 aromatic rings. The Kier molecular flexibility index (Phi) is 15.8. The van der Waals surface area contributed by atoms with Gasteiger partial charge in [0.15, 0.2) is 0 Å². The average Bonchev–Trinajstić information content (AvgIpc) is 3.47. The Morgan fingerprint density at radius 3 is 2.61 bits per heavy atom. The molecule has 0 saturated carbocycles. The molecule has 2 heterocycles. The van der Waals surface area contributed by atoms with Gasteiger partial charge in [-0.1, -0.05) is 6.42 Å². The Hall–Kier alpha value is -2.62. The van der Waals surface area contributed by atoms with Crippen LogP contribution in [0.25, 0.3) is 0 Å². The SMILES string of the molecule is COCCN(CC(=O)N[C@@H](CCCCNC(=O)CCCCC1SC[C@@H]2NC(=O)N[C@H]12)C(N)=O)C(=O)CN(C)CCO. The summed E-state index contributed by atoms with van der Waals surface area (Å²) in [6.45, 7) is 0.910. The lowest BCUT2D eigenvalue weighted by Crippen LogP contribution is -2.50. The molecule has 234 valence electrons. The number of carbonyl (C=O) groups is 5. The number of hydrogen-bond acceptors (Lipinski definition) is 9. The van der Waals surface area contributed by atoms with Crippen LogP contribution in [-0.2, 0) is 23.9 Å². The second kappa shape index (κ2) is 18.7. The molecule has 4 atom stereocenters. The molecule has 41 heavy (non-hydrogen) atoms. The van der Waals surface area contributed by atoms with Gasteiger partial charge in [0.2, 0.25) is 23.6 Å². The second-order valence-electron chi connectivity index (χ2n) is 10.5. The lowest BCUT2D eigenvalue weighted by atomic mass is 10.0. The van der Waals surface area contributed by atoms with Crippen LogP contribution in [0.4, 0.5) is 4.79 Å². The molecule has 0 radical (unpaired) electrons. The number of aliphatic hydroxyl groups is 1. The van der Waals surface area contributed by atoms with Crippen molar-refractivity contribution in [3.05, 3.63) is 0 Å². The molecule has 2 aliphatic heterocycles. The van der Waals surface area contributed by atoms with Crippen LogP contribution in [0.5, 0.6) is 0 Å². The van der Waals surface area contributed by atoms with E-state index in [1.807, 2.05) is 11.8 Å². The van der Waals surface area contributed by atoms with Crippen molar-refractivity contribution >= 4 is 41.4 Å². The van der Waals surface area contributed by atoms with Gasteiger partial charge in [-0.3, -0.25) is 24.1 Å². The van der Waals surface area contributed by atoms with Gasteiger partial charge in [0, 0.05) is 44.2 Å². The normalized spacial score (nSPS) is 20.2. The van der Waals surface area contributed by atoms with Crippen molar-refractivity contribution in [1.82, 2.24) is 31.1 Å². The first-order chi connectivity index (χ1) is 19.6. The third-order valence-corrected chi connectivity index (χ3v) is 8.65. The number of amides is 6. The first-order valence-electron chi connectivity index (χ1n) is 14.2. The van der Waals surface area contributed by atoms with Gasteiger partial charge >= 0.3 is 6.03 Å². The fraction of sp³-hybridized carbons (Fsp3) is 0.808. The highest BCUT2D eigenvalue weighted by Gasteiger charge is 2.42. The molecule has 2 rings (SSSR count).